The normalized spacial score (nSPS) is 15.8. The van der Waals surface area contributed by atoms with Gasteiger partial charge in [0.15, 0.2) is 0 Å². The molecule has 1 saturated heterocycles. The van der Waals surface area contributed by atoms with E-state index >= 15 is 0 Å². The Morgan fingerprint density at radius 3 is 2.24 bits per heavy atom. The Labute approximate surface area is 223 Å². The lowest BCUT2D eigenvalue weighted by Crippen LogP contribution is -2.47. The molecule has 37 heavy (non-hydrogen) atoms. The Kier molecular flexibility index (Phi) is 9.40. The van der Waals surface area contributed by atoms with E-state index < -0.39 is 5.41 Å². The summed E-state index contributed by atoms with van der Waals surface area (Å²) in [6, 6.07) is 27.9. The Bertz CT molecular complexity index is 1120. The van der Waals surface area contributed by atoms with Crippen molar-refractivity contribution in [1.29, 1.82) is 0 Å². The zero-order chi connectivity index (χ0) is 26.1. The highest BCUT2D eigenvalue weighted by Crippen LogP contribution is 2.35. The fraction of sp³-hybridized carbons (Fsp3) is 0.424. The first-order chi connectivity index (χ1) is 18.1. The number of piperazine rings is 1. The van der Waals surface area contributed by atoms with Crippen LogP contribution < -0.4 is 4.90 Å². The highest BCUT2D eigenvalue weighted by Gasteiger charge is 2.39. The molecule has 1 aliphatic rings. The van der Waals surface area contributed by atoms with Crippen LogP contribution >= 0.6 is 0 Å². The molecule has 4 rings (SSSR count). The molecule has 4 nitrogen and oxygen atoms in total. The molecule has 0 amide bonds. The molecular weight excluding hydrogens is 456 g/mol. The van der Waals surface area contributed by atoms with Crippen molar-refractivity contribution < 1.29 is 9.53 Å². The Hall–Kier alpha value is -3.11. The average Bonchev–Trinajstić information content (AvgIpc) is 2.95. The number of benzene rings is 3. The fourth-order valence-corrected chi connectivity index (χ4v) is 5.50. The van der Waals surface area contributed by atoms with Crippen LogP contribution in [0.15, 0.2) is 78.9 Å². The molecule has 0 N–H and O–H groups in total. The number of rotatable bonds is 11. The Balaban J connectivity index is 1.31. The van der Waals surface area contributed by atoms with E-state index in [-0.39, 0.29) is 5.97 Å². The Morgan fingerprint density at radius 2 is 1.59 bits per heavy atom. The minimum atomic E-state index is -0.558. The zero-order valence-electron chi connectivity index (χ0n) is 22.8. The van der Waals surface area contributed by atoms with Crippen LogP contribution in [0, 0.1) is 6.92 Å². The number of nitrogens with zero attached hydrogens (tertiary/aromatic N) is 2. The van der Waals surface area contributed by atoms with E-state index in [9.17, 15) is 4.79 Å². The van der Waals surface area contributed by atoms with E-state index in [2.05, 4.69) is 84.3 Å². The van der Waals surface area contributed by atoms with Crippen molar-refractivity contribution in [2.75, 3.05) is 44.2 Å². The lowest BCUT2D eigenvalue weighted by molar-refractivity contribution is -0.151. The van der Waals surface area contributed by atoms with Crippen molar-refractivity contribution in [3.05, 3.63) is 90.0 Å². The number of hydrogen-bond acceptors (Lipinski definition) is 4. The van der Waals surface area contributed by atoms with Crippen molar-refractivity contribution in [2.45, 2.75) is 51.9 Å². The SMILES string of the molecule is CCCOC(=O)C(CC)(CCCN1CCN(c2ccc(-c3cccc(C)c3)cc2)CC1)c1ccccc1. The number of esters is 1. The highest BCUT2D eigenvalue weighted by molar-refractivity contribution is 5.83. The van der Waals surface area contributed by atoms with E-state index in [1.807, 2.05) is 25.1 Å². The van der Waals surface area contributed by atoms with Crippen LogP contribution in [0.25, 0.3) is 11.1 Å². The van der Waals surface area contributed by atoms with Gasteiger partial charge in [-0.2, -0.15) is 0 Å². The minimum absolute atomic E-state index is 0.0676. The number of anilines is 1. The number of carbonyl (C=O) groups excluding carboxylic acids is 1. The molecular formula is C33H42N2O2. The highest BCUT2D eigenvalue weighted by atomic mass is 16.5. The maximum Gasteiger partial charge on any atom is 0.316 e. The van der Waals surface area contributed by atoms with Crippen molar-refractivity contribution in [2.24, 2.45) is 0 Å². The van der Waals surface area contributed by atoms with Crippen molar-refractivity contribution in [3.63, 3.8) is 0 Å². The van der Waals surface area contributed by atoms with Crippen molar-refractivity contribution in [1.82, 2.24) is 4.90 Å². The quantitative estimate of drug-likeness (QED) is 0.270. The smallest absolute Gasteiger partial charge is 0.316 e. The van der Waals surface area contributed by atoms with Gasteiger partial charge in [0.1, 0.15) is 0 Å². The van der Waals surface area contributed by atoms with E-state index in [1.165, 1.54) is 22.4 Å². The van der Waals surface area contributed by atoms with Gasteiger partial charge in [-0.25, -0.2) is 0 Å². The standard InChI is InChI=1S/C33H42N2O2/c1-4-25-37-32(36)33(5-2,30-13-7-6-8-14-30)19-10-20-34-21-23-35(24-22-34)31-17-15-28(16-18-31)29-12-9-11-27(3)26-29/h6-9,11-18,26H,4-5,10,19-25H2,1-3H3. The number of ether oxygens (including phenoxy) is 1. The van der Waals surface area contributed by atoms with Gasteiger partial charge in [0.2, 0.25) is 0 Å². The van der Waals surface area contributed by atoms with E-state index in [0.29, 0.717) is 6.61 Å². The van der Waals surface area contributed by atoms with E-state index in [4.69, 9.17) is 4.74 Å². The maximum absolute atomic E-state index is 13.2. The van der Waals surface area contributed by atoms with Gasteiger partial charge in [0.25, 0.3) is 0 Å². The van der Waals surface area contributed by atoms with E-state index in [0.717, 1.165) is 64.0 Å². The topological polar surface area (TPSA) is 32.8 Å². The minimum Gasteiger partial charge on any atom is -0.465 e. The molecule has 1 unspecified atom stereocenters. The van der Waals surface area contributed by atoms with Gasteiger partial charge >= 0.3 is 5.97 Å². The average molecular weight is 499 g/mol. The second-order valence-corrected chi connectivity index (χ2v) is 10.3. The fourth-order valence-electron chi connectivity index (χ4n) is 5.50. The molecule has 0 saturated carbocycles. The van der Waals surface area contributed by atoms with Crippen LogP contribution in [0.3, 0.4) is 0 Å². The first-order valence-electron chi connectivity index (χ1n) is 13.9. The summed E-state index contributed by atoms with van der Waals surface area (Å²) in [5, 5.41) is 0. The summed E-state index contributed by atoms with van der Waals surface area (Å²) in [4.78, 5) is 18.3. The number of aryl methyl sites for hydroxylation is 1. The molecule has 0 bridgehead atoms. The first-order valence-corrected chi connectivity index (χ1v) is 13.9. The monoisotopic (exact) mass is 498 g/mol. The summed E-state index contributed by atoms with van der Waals surface area (Å²) >= 11 is 0. The van der Waals surface area contributed by atoms with Crippen molar-refractivity contribution in [3.8, 4) is 11.1 Å². The first kappa shape index (κ1) is 26.9. The van der Waals surface area contributed by atoms with Gasteiger partial charge < -0.3 is 9.64 Å². The van der Waals surface area contributed by atoms with Gasteiger partial charge in [-0.15, -0.1) is 0 Å². The molecule has 1 heterocycles. The summed E-state index contributed by atoms with van der Waals surface area (Å²) in [5.41, 5.74) is 5.64. The molecule has 3 aromatic carbocycles. The van der Waals surface area contributed by atoms with Crippen LogP contribution in [0.4, 0.5) is 5.69 Å². The van der Waals surface area contributed by atoms with Crippen LogP contribution in [0.2, 0.25) is 0 Å². The van der Waals surface area contributed by atoms with Gasteiger partial charge in [-0.1, -0.05) is 86.1 Å². The predicted octanol–water partition coefficient (Wildman–Crippen LogP) is 6.87. The zero-order valence-corrected chi connectivity index (χ0v) is 22.8. The third-order valence-electron chi connectivity index (χ3n) is 7.79. The molecule has 4 heteroatoms. The van der Waals surface area contributed by atoms with Gasteiger partial charge in [-0.05, 0) is 68.0 Å². The van der Waals surface area contributed by atoms with Crippen molar-refractivity contribution >= 4 is 11.7 Å². The summed E-state index contributed by atoms with van der Waals surface area (Å²) in [6.45, 7) is 11.9. The number of carbonyl (C=O) groups is 1. The van der Waals surface area contributed by atoms with E-state index in [1.54, 1.807) is 0 Å². The second-order valence-electron chi connectivity index (χ2n) is 10.3. The third kappa shape index (κ3) is 6.61. The third-order valence-corrected chi connectivity index (χ3v) is 7.79. The second kappa shape index (κ2) is 12.9. The summed E-state index contributed by atoms with van der Waals surface area (Å²) in [6.07, 6.45) is 3.40. The molecule has 0 aliphatic carbocycles. The molecule has 1 fully saturated rings. The maximum atomic E-state index is 13.2. The summed E-state index contributed by atoms with van der Waals surface area (Å²) < 4.78 is 5.69. The summed E-state index contributed by atoms with van der Waals surface area (Å²) in [5.74, 6) is -0.0676. The lowest BCUT2D eigenvalue weighted by Gasteiger charge is -2.37. The van der Waals surface area contributed by atoms with Gasteiger partial charge in [-0.3, -0.25) is 9.69 Å². The number of hydrogen-bond donors (Lipinski definition) is 0. The molecule has 3 aromatic rings. The van der Waals surface area contributed by atoms with Crippen LogP contribution in [-0.4, -0.2) is 50.2 Å². The largest absolute Gasteiger partial charge is 0.465 e. The van der Waals surface area contributed by atoms with Gasteiger partial charge in [0, 0.05) is 31.9 Å². The van der Waals surface area contributed by atoms with Crippen LogP contribution in [0.1, 0.15) is 50.7 Å². The molecule has 196 valence electrons. The van der Waals surface area contributed by atoms with Crippen LogP contribution in [-0.2, 0) is 14.9 Å². The lowest BCUT2D eigenvalue weighted by atomic mass is 9.74. The molecule has 0 aromatic heterocycles. The molecule has 1 aliphatic heterocycles. The molecule has 0 spiro atoms. The molecule has 1 atom stereocenters. The molecule has 0 radical (unpaired) electrons. The summed E-state index contributed by atoms with van der Waals surface area (Å²) in [7, 11) is 0. The Morgan fingerprint density at radius 1 is 0.865 bits per heavy atom. The van der Waals surface area contributed by atoms with Crippen LogP contribution in [0.5, 0.6) is 0 Å². The predicted molar refractivity (Wildman–Crippen MR) is 154 cm³/mol. The van der Waals surface area contributed by atoms with Gasteiger partial charge in [0.05, 0.1) is 12.0 Å².